The van der Waals surface area contributed by atoms with Crippen LogP contribution in [0.5, 0.6) is 0 Å². The van der Waals surface area contributed by atoms with Crippen molar-refractivity contribution in [3.63, 3.8) is 0 Å². The normalized spacial score (nSPS) is 16.3. The van der Waals surface area contributed by atoms with Crippen molar-refractivity contribution in [2.24, 2.45) is 5.73 Å². The van der Waals surface area contributed by atoms with Crippen LogP contribution >= 0.6 is 34.8 Å². The van der Waals surface area contributed by atoms with E-state index < -0.39 is 3.79 Å². The third-order valence-corrected chi connectivity index (χ3v) is 6.17. The second kappa shape index (κ2) is 8.87. The van der Waals surface area contributed by atoms with Gasteiger partial charge in [0.1, 0.15) is 0 Å². The van der Waals surface area contributed by atoms with E-state index in [1.165, 1.54) is 6.42 Å². The molecule has 3 N–H and O–H groups in total. The number of anilines is 1. The Kier molecular flexibility index (Phi) is 6.35. The molecule has 1 heterocycles. The summed E-state index contributed by atoms with van der Waals surface area (Å²) in [4.78, 5) is 25.1. The molecule has 0 radical (unpaired) electrons. The standard InChI is InChI=1S/C22H22Cl3N5O/c23-22(24,25)19-28-18(16-9-8-14-6-2-3-7-15(14)17(16)12-31)29-20(30-19)27-13-21(26)10-4-1-5-11-21/h2-3,6-9,12H,1,4-5,10-11,13,26H2,(H,27,28,29,30). The fourth-order valence-corrected chi connectivity index (χ4v) is 4.26. The number of hydrogen-bond donors (Lipinski definition) is 2. The second-order valence-electron chi connectivity index (χ2n) is 7.95. The number of aromatic nitrogens is 3. The van der Waals surface area contributed by atoms with E-state index in [2.05, 4.69) is 20.3 Å². The van der Waals surface area contributed by atoms with Gasteiger partial charge < -0.3 is 11.1 Å². The zero-order chi connectivity index (χ0) is 22.1. The number of nitrogens with one attached hydrogen (secondary N) is 1. The van der Waals surface area contributed by atoms with Crippen LogP contribution in [0, 0.1) is 0 Å². The highest BCUT2D eigenvalue weighted by atomic mass is 35.6. The van der Waals surface area contributed by atoms with Gasteiger partial charge in [-0.1, -0.05) is 84.4 Å². The van der Waals surface area contributed by atoms with Crippen LogP contribution in [0.25, 0.3) is 22.2 Å². The van der Waals surface area contributed by atoms with Crippen molar-refractivity contribution >= 4 is 57.8 Å². The minimum Gasteiger partial charge on any atom is -0.352 e. The molecule has 31 heavy (non-hydrogen) atoms. The Hall–Kier alpha value is -1.99. The number of carbonyl (C=O) groups is 1. The van der Waals surface area contributed by atoms with E-state index in [9.17, 15) is 4.79 Å². The highest BCUT2D eigenvalue weighted by molar-refractivity contribution is 6.66. The molecule has 1 aromatic heterocycles. The van der Waals surface area contributed by atoms with Crippen LogP contribution in [0.1, 0.15) is 48.3 Å². The van der Waals surface area contributed by atoms with Gasteiger partial charge in [0.15, 0.2) is 17.9 Å². The summed E-state index contributed by atoms with van der Waals surface area (Å²) in [5.74, 6) is 0.484. The fourth-order valence-electron chi connectivity index (χ4n) is 4.01. The summed E-state index contributed by atoms with van der Waals surface area (Å²) in [5, 5.41) is 4.93. The molecule has 1 aliphatic rings. The molecule has 0 bridgehead atoms. The summed E-state index contributed by atoms with van der Waals surface area (Å²) < 4.78 is -1.85. The average Bonchev–Trinajstić information content (AvgIpc) is 2.76. The summed E-state index contributed by atoms with van der Waals surface area (Å²) in [6.45, 7) is 0.494. The molecule has 0 spiro atoms. The Bertz CT molecular complexity index is 1110. The molecule has 1 aliphatic carbocycles. The molecule has 4 rings (SSSR count). The Morgan fingerprint density at radius 1 is 1.03 bits per heavy atom. The van der Waals surface area contributed by atoms with E-state index in [1.54, 1.807) is 6.07 Å². The topological polar surface area (TPSA) is 93.8 Å². The summed E-state index contributed by atoms with van der Waals surface area (Å²) >= 11 is 18.3. The van der Waals surface area contributed by atoms with E-state index in [0.717, 1.165) is 42.7 Å². The van der Waals surface area contributed by atoms with Crippen LogP contribution in [0.2, 0.25) is 0 Å². The molecule has 0 unspecified atom stereocenters. The smallest absolute Gasteiger partial charge is 0.250 e. The number of nitrogens with two attached hydrogens (primary N) is 1. The van der Waals surface area contributed by atoms with Crippen LogP contribution < -0.4 is 11.1 Å². The maximum Gasteiger partial charge on any atom is 0.250 e. The molecule has 1 fully saturated rings. The van der Waals surface area contributed by atoms with Gasteiger partial charge in [-0.2, -0.15) is 9.97 Å². The highest BCUT2D eigenvalue weighted by Crippen LogP contribution is 2.37. The molecular weight excluding hydrogens is 457 g/mol. The average molecular weight is 479 g/mol. The molecule has 1 saturated carbocycles. The summed E-state index contributed by atoms with van der Waals surface area (Å²) in [6.07, 6.45) is 6.03. The zero-order valence-electron chi connectivity index (χ0n) is 16.7. The SMILES string of the molecule is NC1(CNc2nc(-c3ccc4ccccc4c3C=O)nc(C(Cl)(Cl)Cl)n2)CCCCC1. The number of nitrogens with zero attached hydrogens (tertiary/aromatic N) is 3. The van der Waals surface area contributed by atoms with E-state index >= 15 is 0 Å². The lowest BCUT2D eigenvalue weighted by atomic mass is 9.82. The minimum absolute atomic E-state index is 0.0234. The predicted molar refractivity (Wildman–Crippen MR) is 126 cm³/mol. The van der Waals surface area contributed by atoms with Gasteiger partial charge in [-0.3, -0.25) is 4.79 Å². The number of hydrogen-bond acceptors (Lipinski definition) is 6. The quantitative estimate of drug-likeness (QED) is 0.376. The number of alkyl halides is 3. The number of carbonyl (C=O) groups excluding carboxylic acids is 1. The van der Waals surface area contributed by atoms with Gasteiger partial charge >= 0.3 is 0 Å². The van der Waals surface area contributed by atoms with Crippen LogP contribution in [0.4, 0.5) is 5.95 Å². The number of halogens is 3. The van der Waals surface area contributed by atoms with Gasteiger partial charge in [0.25, 0.3) is 0 Å². The van der Waals surface area contributed by atoms with Gasteiger partial charge in [0, 0.05) is 23.2 Å². The van der Waals surface area contributed by atoms with Gasteiger partial charge in [-0.15, -0.1) is 0 Å². The lowest BCUT2D eigenvalue weighted by molar-refractivity contribution is 0.112. The van der Waals surface area contributed by atoms with Crippen LogP contribution in [-0.2, 0) is 3.79 Å². The third kappa shape index (κ3) is 4.93. The molecule has 9 heteroatoms. The van der Waals surface area contributed by atoms with E-state index in [0.29, 0.717) is 17.7 Å². The summed E-state index contributed by atoms with van der Waals surface area (Å²) in [5.41, 5.74) is 7.20. The van der Waals surface area contributed by atoms with Crippen molar-refractivity contribution in [1.82, 2.24) is 15.0 Å². The van der Waals surface area contributed by atoms with Gasteiger partial charge in [-0.25, -0.2) is 4.98 Å². The summed E-state index contributed by atoms with van der Waals surface area (Å²) in [7, 11) is 0. The van der Waals surface area contributed by atoms with Crippen molar-refractivity contribution in [1.29, 1.82) is 0 Å². The molecule has 6 nitrogen and oxygen atoms in total. The largest absolute Gasteiger partial charge is 0.352 e. The van der Waals surface area contributed by atoms with Gasteiger partial charge in [0.05, 0.1) is 0 Å². The summed E-state index contributed by atoms with van der Waals surface area (Å²) in [6, 6.07) is 11.3. The number of rotatable bonds is 5. The van der Waals surface area contributed by atoms with Crippen molar-refractivity contribution in [2.75, 3.05) is 11.9 Å². The monoisotopic (exact) mass is 477 g/mol. The second-order valence-corrected chi connectivity index (χ2v) is 10.2. The maximum atomic E-state index is 12.0. The fraction of sp³-hybridized carbons (Fsp3) is 0.364. The molecule has 162 valence electrons. The number of benzene rings is 2. The van der Waals surface area contributed by atoms with Crippen LogP contribution in [0.15, 0.2) is 36.4 Å². The van der Waals surface area contributed by atoms with Crippen molar-refractivity contribution in [3.05, 3.63) is 47.8 Å². The first kappa shape index (κ1) is 22.2. The van der Waals surface area contributed by atoms with E-state index in [-0.39, 0.29) is 23.1 Å². The van der Waals surface area contributed by atoms with Crippen molar-refractivity contribution in [3.8, 4) is 11.4 Å². The molecular formula is C22H22Cl3N5O. The first-order valence-electron chi connectivity index (χ1n) is 10.1. The van der Waals surface area contributed by atoms with Crippen LogP contribution in [0.3, 0.4) is 0 Å². The third-order valence-electron chi connectivity index (χ3n) is 5.67. The molecule has 0 atom stereocenters. The Morgan fingerprint density at radius 3 is 2.48 bits per heavy atom. The Balaban J connectivity index is 1.76. The zero-order valence-corrected chi connectivity index (χ0v) is 19.0. The number of fused-ring (bicyclic) bond motifs is 1. The first-order chi connectivity index (χ1) is 14.8. The molecule has 0 saturated heterocycles. The predicted octanol–water partition coefficient (Wildman–Crippen LogP) is 5.40. The minimum atomic E-state index is -1.85. The number of aldehydes is 1. The van der Waals surface area contributed by atoms with Gasteiger partial charge in [0.2, 0.25) is 9.74 Å². The van der Waals surface area contributed by atoms with E-state index in [4.69, 9.17) is 40.5 Å². The lowest BCUT2D eigenvalue weighted by Crippen LogP contribution is -2.47. The molecule has 2 aromatic carbocycles. The first-order valence-corrected chi connectivity index (χ1v) is 11.3. The Morgan fingerprint density at radius 2 is 1.77 bits per heavy atom. The van der Waals surface area contributed by atoms with Crippen molar-refractivity contribution in [2.45, 2.75) is 41.4 Å². The van der Waals surface area contributed by atoms with Gasteiger partial charge in [-0.05, 0) is 29.7 Å². The molecule has 0 aliphatic heterocycles. The lowest BCUT2D eigenvalue weighted by Gasteiger charge is -2.33. The van der Waals surface area contributed by atoms with Crippen LogP contribution in [-0.4, -0.2) is 33.3 Å². The maximum absolute atomic E-state index is 12.0. The van der Waals surface area contributed by atoms with Crippen molar-refractivity contribution < 1.29 is 4.79 Å². The molecule has 0 amide bonds. The van der Waals surface area contributed by atoms with E-state index in [1.807, 2.05) is 30.3 Å². The molecule has 3 aromatic rings. The Labute approximate surface area is 195 Å². The highest BCUT2D eigenvalue weighted by Gasteiger charge is 2.31.